The van der Waals surface area contributed by atoms with Crippen molar-refractivity contribution < 1.29 is 9.53 Å². The lowest BCUT2D eigenvalue weighted by Gasteiger charge is -2.12. The van der Waals surface area contributed by atoms with E-state index >= 15 is 0 Å². The molecule has 0 saturated heterocycles. The molecule has 0 radical (unpaired) electrons. The number of benzene rings is 1. The van der Waals surface area contributed by atoms with Gasteiger partial charge in [-0.3, -0.25) is 4.79 Å². The Kier molecular flexibility index (Phi) is 4.27. The van der Waals surface area contributed by atoms with Crippen LogP contribution in [0.4, 0.5) is 5.82 Å². The lowest BCUT2D eigenvalue weighted by molar-refractivity contribution is -0.117. The van der Waals surface area contributed by atoms with Crippen molar-refractivity contribution in [2.45, 2.75) is 13.0 Å². The number of hydrogen-bond acceptors (Lipinski definition) is 5. The highest BCUT2D eigenvalue weighted by Crippen LogP contribution is 2.15. The highest BCUT2D eigenvalue weighted by molar-refractivity contribution is 5.94. The highest BCUT2D eigenvalue weighted by Gasteiger charge is 2.16. The van der Waals surface area contributed by atoms with Gasteiger partial charge in [0.25, 0.3) is 0 Å². The first-order valence-corrected chi connectivity index (χ1v) is 6.11. The number of nitrogens with one attached hydrogen (secondary N) is 1. The third-order valence-electron chi connectivity index (χ3n) is 2.71. The molecule has 1 unspecified atom stereocenters. The topological polar surface area (TPSA) is 90.1 Å². The summed E-state index contributed by atoms with van der Waals surface area (Å²) in [6.07, 6.45) is 0. The molecule has 1 atom stereocenters. The second-order valence-electron chi connectivity index (χ2n) is 4.26. The minimum absolute atomic E-state index is 0.202. The Hall–Kier alpha value is -2.47. The minimum atomic E-state index is -0.752. The van der Waals surface area contributed by atoms with Gasteiger partial charge in [0.1, 0.15) is 11.9 Å². The first-order chi connectivity index (χ1) is 9.60. The molecule has 20 heavy (non-hydrogen) atoms. The van der Waals surface area contributed by atoms with E-state index in [0.717, 1.165) is 5.56 Å². The van der Waals surface area contributed by atoms with Crippen molar-refractivity contribution in [1.82, 2.24) is 9.97 Å². The molecule has 6 heteroatoms. The van der Waals surface area contributed by atoms with Crippen LogP contribution in [0, 0.1) is 6.92 Å². The molecule has 0 fully saturated rings. The summed E-state index contributed by atoms with van der Waals surface area (Å²) in [4.78, 5) is 20.2. The molecule has 0 aliphatic carbocycles. The van der Waals surface area contributed by atoms with Crippen LogP contribution in [0.1, 0.15) is 17.3 Å². The van der Waals surface area contributed by atoms with Crippen LogP contribution in [0.25, 0.3) is 0 Å². The normalized spacial score (nSPS) is 11.8. The van der Waals surface area contributed by atoms with Crippen LogP contribution >= 0.6 is 0 Å². The van der Waals surface area contributed by atoms with Gasteiger partial charge in [0.05, 0.1) is 7.11 Å². The number of anilines is 1. The molecule has 2 aromatic rings. The summed E-state index contributed by atoms with van der Waals surface area (Å²) in [6.45, 7) is 1.79. The van der Waals surface area contributed by atoms with E-state index in [1.54, 1.807) is 25.1 Å². The fraction of sp³-hybridized carbons (Fsp3) is 0.214. The molecule has 3 N–H and O–H groups in total. The molecule has 104 valence electrons. The van der Waals surface area contributed by atoms with Gasteiger partial charge in [-0.15, -0.1) is 0 Å². The molecular weight excluding hydrogens is 256 g/mol. The molecule has 6 nitrogen and oxygen atoms in total. The monoisotopic (exact) mass is 272 g/mol. The van der Waals surface area contributed by atoms with E-state index in [1.165, 1.54) is 7.11 Å². The number of nitrogens with two attached hydrogens (primary N) is 1. The van der Waals surface area contributed by atoms with E-state index in [1.807, 2.05) is 18.2 Å². The Morgan fingerprint density at radius 2 is 2.00 bits per heavy atom. The zero-order chi connectivity index (χ0) is 14.5. The van der Waals surface area contributed by atoms with E-state index in [9.17, 15) is 4.79 Å². The van der Waals surface area contributed by atoms with Gasteiger partial charge in [-0.05, 0) is 12.5 Å². The van der Waals surface area contributed by atoms with Crippen molar-refractivity contribution in [3.8, 4) is 6.01 Å². The third-order valence-corrected chi connectivity index (χ3v) is 2.71. The highest BCUT2D eigenvalue weighted by atomic mass is 16.5. The zero-order valence-electron chi connectivity index (χ0n) is 11.3. The van der Waals surface area contributed by atoms with Crippen molar-refractivity contribution in [3.05, 3.63) is 47.7 Å². The number of carbonyl (C=O) groups excluding carboxylic acids is 1. The van der Waals surface area contributed by atoms with Gasteiger partial charge in [-0.2, -0.15) is 4.98 Å². The Morgan fingerprint density at radius 3 is 2.65 bits per heavy atom. The maximum absolute atomic E-state index is 12.1. The Labute approximate surface area is 117 Å². The quantitative estimate of drug-likeness (QED) is 0.878. The molecule has 1 heterocycles. The van der Waals surface area contributed by atoms with E-state index < -0.39 is 6.04 Å². The van der Waals surface area contributed by atoms with Crippen LogP contribution in [-0.4, -0.2) is 23.0 Å². The first-order valence-electron chi connectivity index (χ1n) is 6.11. The Balaban J connectivity index is 2.13. The number of carbonyl (C=O) groups is 1. The van der Waals surface area contributed by atoms with Gasteiger partial charge in [0.15, 0.2) is 0 Å². The summed E-state index contributed by atoms with van der Waals surface area (Å²) in [5.74, 6) is 0.0297. The summed E-state index contributed by atoms with van der Waals surface area (Å²) in [5.41, 5.74) is 7.34. The van der Waals surface area contributed by atoms with Crippen molar-refractivity contribution >= 4 is 11.7 Å². The number of hydrogen-bond donors (Lipinski definition) is 2. The van der Waals surface area contributed by atoms with E-state index in [2.05, 4.69) is 15.3 Å². The molecule has 0 aliphatic rings. The molecule has 2 rings (SSSR count). The number of aromatic nitrogens is 2. The summed E-state index contributed by atoms with van der Waals surface area (Å²) in [5, 5.41) is 2.66. The minimum Gasteiger partial charge on any atom is -0.467 e. The maximum atomic E-state index is 12.1. The Morgan fingerprint density at radius 1 is 1.30 bits per heavy atom. The van der Waals surface area contributed by atoms with Crippen LogP contribution in [0.15, 0.2) is 36.4 Å². The number of rotatable bonds is 4. The van der Waals surface area contributed by atoms with Crippen LogP contribution in [-0.2, 0) is 4.79 Å². The molecule has 0 saturated carbocycles. The molecular formula is C14H16N4O2. The first kappa shape index (κ1) is 14.0. The maximum Gasteiger partial charge on any atom is 0.318 e. The second kappa shape index (κ2) is 6.12. The summed E-state index contributed by atoms with van der Waals surface area (Å²) in [7, 11) is 1.47. The average Bonchev–Trinajstić information content (AvgIpc) is 2.46. The van der Waals surface area contributed by atoms with Crippen molar-refractivity contribution in [2.75, 3.05) is 12.4 Å². The third kappa shape index (κ3) is 3.30. The molecule has 1 aromatic carbocycles. The SMILES string of the molecule is COc1nc(C)cc(NC(=O)C(N)c2ccccc2)n1. The molecule has 0 aliphatic heterocycles. The lowest BCUT2D eigenvalue weighted by Crippen LogP contribution is -2.28. The lowest BCUT2D eigenvalue weighted by atomic mass is 10.1. The van der Waals surface area contributed by atoms with Crippen molar-refractivity contribution in [1.29, 1.82) is 0 Å². The van der Waals surface area contributed by atoms with Crippen LogP contribution in [0.3, 0.4) is 0 Å². The standard InChI is InChI=1S/C14H16N4O2/c1-9-8-11(18-14(16-9)20-2)17-13(19)12(15)10-6-4-3-5-7-10/h3-8,12H,15H2,1-2H3,(H,16,17,18,19). The average molecular weight is 272 g/mol. The van der Waals surface area contributed by atoms with Crippen LogP contribution in [0.5, 0.6) is 6.01 Å². The zero-order valence-corrected chi connectivity index (χ0v) is 11.3. The number of ether oxygens (including phenoxy) is 1. The van der Waals surface area contributed by atoms with E-state index in [-0.39, 0.29) is 11.9 Å². The smallest absolute Gasteiger partial charge is 0.318 e. The summed E-state index contributed by atoms with van der Waals surface area (Å²) in [6, 6.07) is 10.2. The van der Waals surface area contributed by atoms with E-state index in [0.29, 0.717) is 11.5 Å². The fourth-order valence-electron chi connectivity index (χ4n) is 1.71. The summed E-state index contributed by atoms with van der Waals surface area (Å²) >= 11 is 0. The van der Waals surface area contributed by atoms with Gasteiger partial charge in [-0.1, -0.05) is 30.3 Å². The van der Waals surface area contributed by atoms with Gasteiger partial charge in [-0.25, -0.2) is 4.98 Å². The number of nitrogens with zero attached hydrogens (tertiary/aromatic N) is 2. The number of amides is 1. The predicted octanol–water partition coefficient (Wildman–Crippen LogP) is 1.43. The number of aryl methyl sites for hydroxylation is 1. The van der Waals surface area contributed by atoms with Gasteiger partial charge >= 0.3 is 6.01 Å². The van der Waals surface area contributed by atoms with Gasteiger partial charge in [0, 0.05) is 11.8 Å². The summed E-state index contributed by atoms with van der Waals surface area (Å²) < 4.78 is 4.96. The Bertz CT molecular complexity index is 601. The predicted molar refractivity (Wildman–Crippen MR) is 75.3 cm³/mol. The van der Waals surface area contributed by atoms with Crippen molar-refractivity contribution in [3.63, 3.8) is 0 Å². The molecule has 0 spiro atoms. The van der Waals surface area contributed by atoms with Gasteiger partial charge < -0.3 is 15.8 Å². The largest absolute Gasteiger partial charge is 0.467 e. The van der Waals surface area contributed by atoms with Crippen molar-refractivity contribution in [2.24, 2.45) is 5.73 Å². The van der Waals surface area contributed by atoms with Crippen LogP contribution < -0.4 is 15.8 Å². The number of methoxy groups -OCH3 is 1. The second-order valence-corrected chi connectivity index (χ2v) is 4.26. The molecule has 1 amide bonds. The molecule has 0 bridgehead atoms. The van der Waals surface area contributed by atoms with E-state index in [4.69, 9.17) is 10.5 Å². The molecule has 1 aromatic heterocycles. The van der Waals surface area contributed by atoms with Crippen LogP contribution in [0.2, 0.25) is 0 Å². The fourth-order valence-corrected chi connectivity index (χ4v) is 1.71. The van der Waals surface area contributed by atoms with Gasteiger partial charge in [0.2, 0.25) is 5.91 Å².